The second kappa shape index (κ2) is 9.47. The fourth-order valence-electron chi connectivity index (χ4n) is 3.52. The van der Waals surface area contributed by atoms with Crippen molar-refractivity contribution in [2.75, 3.05) is 5.75 Å². The molecule has 1 aromatic heterocycles. The van der Waals surface area contributed by atoms with Crippen LogP contribution in [-0.2, 0) is 11.3 Å². The highest BCUT2D eigenvalue weighted by Gasteiger charge is 2.30. The largest absolute Gasteiger partial charge is 0.350 e. The van der Waals surface area contributed by atoms with Crippen LogP contribution in [0.15, 0.2) is 59.8 Å². The molecule has 1 heterocycles. The van der Waals surface area contributed by atoms with Crippen LogP contribution in [0.5, 0.6) is 0 Å². The van der Waals surface area contributed by atoms with Crippen molar-refractivity contribution < 1.29 is 9.59 Å². The first-order chi connectivity index (χ1) is 15.0. The average molecular weight is 435 g/mol. The minimum Gasteiger partial charge on any atom is -0.350 e. The van der Waals surface area contributed by atoms with E-state index in [4.69, 9.17) is 0 Å². The molecule has 1 aliphatic carbocycles. The normalized spacial score (nSPS) is 14.3. The van der Waals surface area contributed by atoms with Crippen LogP contribution in [0.4, 0.5) is 0 Å². The van der Waals surface area contributed by atoms with Gasteiger partial charge in [-0.2, -0.15) is 0 Å². The number of rotatable bonds is 9. The standard InChI is InChI=1S/C24H26N4O2S/c1-16(25-17(2)29)19-8-10-20(11-9-19)22(30)15-31-24-27-26-23(21-12-13-21)28(24)14-18-6-4-3-5-7-18/h3-11,16,21H,12-15H2,1-2H3,(H,25,29)/t16-/m0/s1. The Labute approximate surface area is 186 Å². The third-order valence-corrected chi connectivity index (χ3v) is 6.32. The van der Waals surface area contributed by atoms with Crippen LogP contribution in [-0.4, -0.2) is 32.2 Å². The van der Waals surface area contributed by atoms with Crippen LogP contribution in [0.1, 0.15) is 66.0 Å². The molecule has 0 saturated heterocycles. The van der Waals surface area contributed by atoms with Gasteiger partial charge in [0, 0.05) is 18.4 Å². The van der Waals surface area contributed by atoms with Gasteiger partial charge in [-0.05, 0) is 30.9 Å². The predicted octanol–water partition coefficient (Wildman–Crippen LogP) is 4.38. The van der Waals surface area contributed by atoms with E-state index in [-0.39, 0.29) is 17.7 Å². The molecule has 1 fully saturated rings. The third-order valence-electron chi connectivity index (χ3n) is 5.36. The number of hydrogen-bond donors (Lipinski definition) is 1. The number of benzene rings is 2. The monoisotopic (exact) mass is 434 g/mol. The quantitative estimate of drug-likeness (QED) is 0.400. The van der Waals surface area contributed by atoms with Crippen molar-refractivity contribution in [3.05, 3.63) is 77.1 Å². The molecule has 0 unspecified atom stereocenters. The summed E-state index contributed by atoms with van der Waals surface area (Å²) in [5.41, 5.74) is 2.82. The summed E-state index contributed by atoms with van der Waals surface area (Å²) in [5.74, 6) is 1.78. The molecule has 6 nitrogen and oxygen atoms in total. The fraction of sp³-hybridized carbons (Fsp3) is 0.333. The van der Waals surface area contributed by atoms with Crippen molar-refractivity contribution in [3.63, 3.8) is 0 Å². The van der Waals surface area contributed by atoms with Crippen LogP contribution in [0.2, 0.25) is 0 Å². The Bertz CT molecular complexity index is 1060. The first-order valence-electron chi connectivity index (χ1n) is 10.5. The Morgan fingerprint density at radius 2 is 1.81 bits per heavy atom. The molecular formula is C24H26N4O2S. The molecule has 1 saturated carbocycles. The van der Waals surface area contributed by atoms with E-state index in [1.165, 1.54) is 24.2 Å². The molecule has 1 atom stereocenters. The van der Waals surface area contributed by atoms with Crippen LogP contribution >= 0.6 is 11.8 Å². The lowest BCUT2D eigenvalue weighted by atomic mass is 10.0. The minimum atomic E-state index is -0.0894. The molecule has 4 rings (SSSR count). The molecule has 1 N–H and O–H groups in total. The van der Waals surface area contributed by atoms with Gasteiger partial charge in [-0.15, -0.1) is 10.2 Å². The predicted molar refractivity (Wildman–Crippen MR) is 121 cm³/mol. The van der Waals surface area contributed by atoms with Gasteiger partial charge in [0.2, 0.25) is 5.91 Å². The van der Waals surface area contributed by atoms with E-state index in [1.54, 1.807) is 0 Å². The maximum Gasteiger partial charge on any atom is 0.217 e. The number of thioether (sulfide) groups is 1. The first-order valence-corrected chi connectivity index (χ1v) is 11.5. The Morgan fingerprint density at radius 3 is 2.45 bits per heavy atom. The van der Waals surface area contributed by atoms with E-state index < -0.39 is 0 Å². The summed E-state index contributed by atoms with van der Waals surface area (Å²) in [5, 5.41) is 12.5. The van der Waals surface area contributed by atoms with Crippen LogP contribution in [0.3, 0.4) is 0 Å². The van der Waals surface area contributed by atoms with Gasteiger partial charge < -0.3 is 9.88 Å². The van der Waals surface area contributed by atoms with Crippen molar-refractivity contribution in [2.24, 2.45) is 0 Å². The summed E-state index contributed by atoms with van der Waals surface area (Å²) in [7, 11) is 0. The molecule has 0 spiro atoms. The highest BCUT2D eigenvalue weighted by Crippen LogP contribution is 2.40. The zero-order chi connectivity index (χ0) is 21.8. The molecule has 160 valence electrons. The molecule has 3 aromatic rings. The summed E-state index contributed by atoms with van der Waals surface area (Å²) in [6.07, 6.45) is 2.31. The zero-order valence-electron chi connectivity index (χ0n) is 17.7. The number of Topliss-reactive ketones (excluding diaryl/α,β-unsaturated/α-hetero) is 1. The van der Waals surface area contributed by atoms with Crippen molar-refractivity contribution in [2.45, 2.75) is 50.4 Å². The van der Waals surface area contributed by atoms with Gasteiger partial charge in [0.05, 0.1) is 18.3 Å². The van der Waals surface area contributed by atoms with Gasteiger partial charge >= 0.3 is 0 Å². The lowest BCUT2D eigenvalue weighted by Gasteiger charge is -2.13. The number of nitrogens with zero attached hydrogens (tertiary/aromatic N) is 3. The lowest BCUT2D eigenvalue weighted by molar-refractivity contribution is -0.119. The molecule has 0 bridgehead atoms. The summed E-state index contributed by atoms with van der Waals surface area (Å²) in [6.45, 7) is 4.13. The highest BCUT2D eigenvalue weighted by atomic mass is 32.2. The molecule has 31 heavy (non-hydrogen) atoms. The fourth-order valence-corrected chi connectivity index (χ4v) is 4.36. The van der Waals surface area contributed by atoms with Crippen molar-refractivity contribution >= 4 is 23.5 Å². The van der Waals surface area contributed by atoms with Crippen molar-refractivity contribution in [3.8, 4) is 0 Å². The number of aromatic nitrogens is 3. The zero-order valence-corrected chi connectivity index (χ0v) is 18.6. The van der Waals surface area contributed by atoms with E-state index in [0.717, 1.165) is 29.4 Å². The lowest BCUT2D eigenvalue weighted by Crippen LogP contribution is -2.23. The Kier molecular flexibility index (Phi) is 6.51. The summed E-state index contributed by atoms with van der Waals surface area (Å²) >= 11 is 1.44. The topological polar surface area (TPSA) is 76.9 Å². The Morgan fingerprint density at radius 1 is 1.10 bits per heavy atom. The molecule has 7 heteroatoms. The number of nitrogens with one attached hydrogen (secondary N) is 1. The Hall–Kier alpha value is -2.93. The van der Waals surface area contributed by atoms with Gasteiger partial charge in [0.15, 0.2) is 10.9 Å². The highest BCUT2D eigenvalue weighted by molar-refractivity contribution is 7.99. The van der Waals surface area contributed by atoms with Crippen LogP contribution in [0, 0.1) is 0 Å². The smallest absolute Gasteiger partial charge is 0.217 e. The number of ketones is 1. The summed E-state index contributed by atoms with van der Waals surface area (Å²) in [4.78, 5) is 24.0. The summed E-state index contributed by atoms with van der Waals surface area (Å²) in [6, 6.07) is 17.6. The third kappa shape index (κ3) is 5.41. The van der Waals surface area contributed by atoms with E-state index in [2.05, 4.69) is 32.2 Å². The van der Waals surface area contributed by atoms with Crippen LogP contribution < -0.4 is 5.32 Å². The second-order valence-electron chi connectivity index (χ2n) is 7.94. The molecule has 0 radical (unpaired) electrons. The minimum absolute atomic E-state index is 0.0472. The molecule has 1 aliphatic rings. The number of hydrogen-bond acceptors (Lipinski definition) is 5. The second-order valence-corrected chi connectivity index (χ2v) is 8.89. The van der Waals surface area contributed by atoms with Gasteiger partial charge in [-0.25, -0.2) is 0 Å². The van der Waals surface area contributed by atoms with Gasteiger partial charge in [-0.3, -0.25) is 9.59 Å². The SMILES string of the molecule is CC(=O)N[C@@H](C)c1ccc(C(=O)CSc2nnc(C3CC3)n2Cc2ccccc2)cc1. The molecule has 1 amide bonds. The van der Waals surface area contributed by atoms with Gasteiger partial charge in [0.25, 0.3) is 0 Å². The first kappa shape index (κ1) is 21.3. The Balaban J connectivity index is 1.43. The van der Waals surface area contributed by atoms with Crippen molar-refractivity contribution in [1.29, 1.82) is 0 Å². The number of carbonyl (C=O) groups excluding carboxylic acids is 2. The van der Waals surface area contributed by atoms with Crippen molar-refractivity contribution in [1.82, 2.24) is 20.1 Å². The van der Waals surface area contributed by atoms with Gasteiger partial charge in [0.1, 0.15) is 5.82 Å². The maximum absolute atomic E-state index is 12.8. The molecular weight excluding hydrogens is 408 g/mol. The van der Waals surface area contributed by atoms with E-state index in [0.29, 0.717) is 23.8 Å². The van der Waals surface area contributed by atoms with E-state index in [9.17, 15) is 9.59 Å². The van der Waals surface area contributed by atoms with E-state index >= 15 is 0 Å². The molecule has 2 aromatic carbocycles. The number of amides is 1. The average Bonchev–Trinajstić information content (AvgIpc) is 3.54. The number of carbonyl (C=O) groups is 2. The van der Waals surface area contributed by atoms with E-state index in [1.807, 2.05) is 49.4 Å². The maximum atomic E-state index is 12.8. The summed E-state index contributed by atoms with van der Waals surface area (Å²) < 4.78 is 2.16. The van der Waals surface area contributed by atoms with Crippen LogP contribution in [0.25, 0.3) is 0 Å². The molecule has 0 aliphatic heterocycles. The van der Waals surface area contributed by atoms with Gasteiger partial charge in [-0.1, -0.05) is 66.4 Å².